The van der Waals surface area contributed by atoms with Crippen LogP contribution in [0.1, 0.15) is 53.8 Å². The van der Waals surface area contributed by atoms with Gasteiger partial charge in [0.15, 0.2) is 11.6 Å². The number of nitrogens with zero attached hydrogens (tertiary/aromatic N) is 4. The average molecular weight is 332 g/mol. The molecular weight excluding hydrogens is 314 g/mol. The van der Waals surface area contributed by atoms with Crippen molar-refractivity contribution >= 4 is 5.91 Å². The van der Waals surface area contributed by atoms with Crippen LogP contribution in [-0.4, -0.2) is 38.7 Å². The Morgan fingerprint density at radius 1 is 1.08 bits per heavy atom. The molecule has 1 amide bonds. The van der Waals surface area contributed by atoms with E-state index in [0.29, 0.717) is 25.0 Å². The fourth-order valence-electron chi connectivity index (χ4n) is 3.33. The lowest BCUT2D eigenvalue weighted by atomic mass is 10.0. The van der Waals surface area contributed by atoms with Crippen molar-refractivity contribution in [2.24, 2.45) is 0 Å². The summed E-state index contributed by atoms with van der Waals surface area (Å²) in [7, 11) is 0. The van der Waals surface area contributed by atoms with Crippen molar-refractivity contribution < 1.29 is 13.6 Å². The molecule has 1 aromatic carbocycles. The molecule has 2 aromatic rings. The number of piperidine rings is 1. The zero-order chi connectivity index (χ0) is 16.7. The highest BCUT2D eigenvalue weighted by molar-refractivity contribution is 5.94. The lowest BCUT2D eigenvalue weighted by molar-refractivity contribution is 0.0693. The number of hydrogen-bond acceptors (Lipinski definition) is 3. The minimum absolute atomic E-state index is 0.190. The van der Waals surface area contributed by atoms with Crippen molar-refractivity contribution in [3.05, 3.63) is 47.5 Å². The molecule has 0 unspecified atom stereocenters. The van der Waals surface area contributed by atoms with E-state index in [4.69, 9.17) is 0 Å². The van der Waals surface area contributed by atoms with Crippen molar-refractivity contribution in [1.29, 1.82) is 0 Å². The highest BCUT2D eigenvalue weighted by Crippen LogP contribution is 2.40. The summed E-state index contributed by atoms with van der Waals surface area (Å²) >= 11 is 0. The fourth-order valence-corrected chi connectivity index (χ4v) is 3.33. The molecule has 0 atom stereocenters. The van der Waals surface area contributed by atoms with Crippen molar-refractivity contribution in [3.63, 3.8) is 0 Å². The molecule has 1 aromatic heterocycles. The van der Waals surface area contributed by atoms with E-state index in [1.54, 1.807) is 11.2 Å². The van der Waals surface area contributed by atoms with E-state index in [1.165, 1.54) is 18.9 Å². The first-order chi connectivity index (χ1) is 11.6. The van der Waals surface area contributed by atoms with E-state index in [-0.39, 0.29) is 11.5 Å². The molecule has 0 N–H and O–H groups in total. The lowest BCUT2D eigenvalue weighted by Gasteiger charge is -2.33. The van der Waals surface area contributed by atoms with Crippen LogP contribution >= 0.6 is 0 Å². The van der Waals surface area contributed by atoms with Crippen molar-refractivity contribution in [1.82, 2.24) is 19.7 Å². The Labute approximate surface area is 138 Å². The van der Waals surface area contributed by atoms with E-state index in [0.717, 1.165) is 30.8 Å². The molecule has 1 saturated carbocycles. The first-order valence-corrected chi connectivity index (χ1v) is 8.27. The largest absolute Gasteiger partial charge is 0.338 e. The molecule has 1 aliphatic carbocycles. The summed E-state index contributed by atoms with van der Waals surface area (Å²) in [6.07, 6.45) is 5.75. The monoisotopic (exact) mass is 332 g/mol. The molecular formula is C17H18F2N4O. The number of likely N-dealkylation sites (tertiary alicyclic amines) is 1. The van der Waals surface area contributed by atoms with E-state index < -0.39 is 11.6 Å². The molecule has 2 aliphatic rings. The van der Waals surface area contributed by atoms with Crippen LogP contribution in [0, 0.1) is 11.6 Å². The predicted octanol–water partition coefficient (Wildman–Crippen LogP) is 2.91. The second kappa shape index (κ2) is 5.96. The quantitative estimate of drug-likeness (QED) is 0.868. The molecule has 24 heavy (non-hydrogen) atoms. The number of carbonyl (C=O) groups is 1. The minimum atomic E-state index is -0.991. The van der Waals surface area contributed by atoms with E-state index in [2.05, 4.69) is 14.8 Å². The van der Waals surface area contributed by atoms with Gasteiger partial charge in [0.1, 0.15) is 12.2 Å². The molecule has 4 rings (SSSR count). The summed E-state index contributed by atoms with van der Waals surface area (Å²) in [6.45, 7) is 1.18. The SMILES string of the molecule is O=C(c1ccc(F)c(F)c1)N1CCC(n2cnnc2C2CC2)CC1. The van der Waals surface area contributed by atoms with E-state index in [1.807, 2.05) is 0 Å². The van der Waals surface area contributed by atoms with Gasteiger partial charge in [-0.1, -0.05) is 0 Å². The van der Waals surface area contributed by atoms with E-state index >= 15 is 0 Å². The number of benzene rings is 1. The summed E-state index contributed by atoms with van der Waals surface area (Å²) in [5, 5.41) is 8.26. The van der Waals surface area contributed by atoms with Gasteiger partial charge >= 0.3 is 0 Å². The van der Waals surface area contributed by atoms with Gasteiger partial charge in [0.05, 0.1) is 0 Å². The molecule has 7 heteroatoms. The predicted molar refractivity (Wildman–Crippen MR) is 82.5 cm³/mol. The van der Waals surface area contributed by atoms with Gasteiger partial charge < -0.3 is 9.47 Å². The Morgan fingerprint density at radius 2 is 1.83 bits per heavy atom. The zero-order valence-electron chi connectivity index (χ0n) is 13.2. The van der Waals surface area contributed by atoms with Crippen molar-refractivity contribution in [2.75, 3.05) is 13.1 Å². The number of rotatable bonds is 3. The summed E-state index contributed by atoms with van der Waals surface area (Å²) in [4.78, 5) is 14.1. The Morgan fingerprint density at radius 3 is 2.50 bits per heavy atom. The zero-order valence-corrected chi connectivity index (χ0v) is 13.2. The summed E-state index contributed by atoms with van der Waals surface area (Å²) < 4.78 is 28.5. The highest BCUT2D eigenvalue weighted by Gasteiger charge is 2.32. The maximum Gasteiger partial charge on any atom is 0.253 e. The third-order valence-electron chi connectivity index (χ3n) is 4.85. The molecule has 1 aliphatic heterocycles. The normalized spacial score (nSPS) is 18.8. The fraction of sp³-hybridized carbons (Fsp3) is 0.471. The Kier molecular flexibility index (Phi) is 3.78. The molecule has 1 saturated heterocycles. The van der Waals surface area contributed by atoms with Crippen molar-refractivity contribution in [2.45, 2.75) is 37.6 Å². The van der Waals surface area contributed by atoms with Crippen LogP contribution in [0.3, 0.4) is 0 Å². The number of aromatic nitrogens is 3. The summed E-state index contributed by atoms with van der Waals surface area (Å²) in [5.74, 6) is -0.590. The maximum atomic E-state index is 13.3. The Hall–Kier alpha value is -2.31. The van der Waals surface area contributed by atoms with Crippen LogP contribution < -0.4 is 0 Å². The highest BCUT2D eigenvalue weighted by atomic mass is 19.2. The molecule has 0 spiro atoms. The number of amides is 1. The third kappa shape index (κ3) is 2.79. The van der Waals surface area contributed by atoms with Crippen molar-refractivity contribution in [3.8, 4) is 0 Å². The maximum absolute atomic E-state index is 13.3. The van der Waals surface area contributed by atoms with Gasteiger partial charge in [-0.15, -0.1) is 10.2 Å². The van der Waals surface area contributed by atoms with Gasteiger partial charge in [-0.2, -0.15) is 0 Å². The molecule has 0 radical (unpaired) electrons. The standard InChI is InChI=1S/C17H18F2N4O/c18-14-4-3-12(9-15(14)19)17(24)22-7-5-13(6-8-22)23-10-20-21-16(23)11-1-2-11/h3-4,9-11,13H,1-2,5-8H2. The number of halogens is 2. The Bertz CT molecular complexity index is 764. The molecule has 2 fully saturated rings. The van der Waals surface area contributed by atoms with Crippen LogP contribution in [0.15, 0.2) is 24.5 Å². The number of hydrogen-bond donors (Lipinski definition) is 0. The van der Waals surface area contributed by atoms with Crippen LogP contribution in [0.2, 0.25) is 0 Å². The van der Waals surface area contributed by atoms with Crippen LogP contribution in [0.4, 0.5) is 8.78 Å². The van der Waals surface area contributed by atoms with Gasteiger partial charge in [-0.3, -0.25) is 4.79 Å². The van der Waals surface area contributed by atoms with Gasteiger partial charge in [0.2, 0.25) is 0 Å². The smallest absolute Gasteiger partial charge is 0.253 e. The van der Waals surface area contributed by atoms with Gasteiger partial charge in [0, 0.05) is 30.6 Å². The lowest BCUT2D eigenvalue weighted by Crippen LogP contribution is -2.39. The van der Waals surface area contributed by atoms with Gasteiger partial charge in [0.25, 0.3) is 5.91 Å². The molecule has 2 heterocycles. The number of carbonyl (C=O) groups excluding carboxylic acids is 1. The van der Waals surface area contributed by atoms with Gasteiger partial charge in [-0.05, 0) is 43.9 Å². The topological polar surface area (TPSA) is 51.0 Å². The molecule has 5 nitrogen and oxygen atoms in total. The van der Waals surface area contributed by atoms with Crippen LogP contribution in [0.25, 0.3) is 0 Å². The minimum Gasteiger partial charge on any atom is -0.338 e. The Balaban J connectivity index is 1.43. The molecule has 0 bridgehead atoms. The average Bonchev–Trinajstić information content (AvgIpc) is 3.33. The van der Waals surface area contributed by atoms with Gasteiger partial charge in [-0.25, -0.2) is 8.78 Å². The second-order valence-electron chi connectivity index (χ2n) is 6.52. The van der Waals surface area contributed by atoms with Crippen LogP contribution in [0.5, 0.6) is 0 Å². The summed E-state index contributed by atoms with van der Waals surface area (Å²) in [5.41, 5.74) is 0.190. The van der Waals surface area contributed by atoms with Crippen LogP contribution in [-0.2, 0) is 0 Å². The second-order valence-corrected chi connectivity index (χ2v) is 6.52. The first kappa shape index (κ1) is 15.2. The summed E-state index contributed by atoms with van der Waals surface area (Å²) in [6, 6.07) is 3.59. The third-order valence-corrected chi connectivity index (χ3v) is 4.85. The first-order valence-electron chi connectivity index (χ1n) is 8.27. The molecule has 126 valence electrons. The van der Waals surface area contributed by atoms with E-state index in [9.17, 15) is 13.6 Å².